The summed E-state index contributed by atoms with van der Waals surface area (Å²) in [5, 5.41) is 0. The number of halogens is 1. The molecule has 2 heterocycles. The Bertz CT molecular complexity index is 988. The van der Waals surface area contributed by atoms with Crippen LogP contribution >= 0.6 is 0 Å². The van der Waals surface area contributed by atoms with Crippen molar-refractivity contribution < 1.29 is 28.2 Å². The van der Waals surface area contributed by atoms with E-state index in [1.807, 2.05) is 23.1 Å². The van der Waals surface area contributed by atoms with Gasteiger partial charge in [0, 0.05) is 32.1 Å². The molecule has 2 aromatic carbocycles. The minimum Gasteiger partial charge on any atom is -0.484 e. The summed E-state index contributed by atoms with van der Waals surface area (Å²) in [4.78, 5) is 28.8. The number of piperazine rings is 1. The van der Waals surface area contributed by atoms with Gasteiger partial charge in [-0.15, -0.1) is 0 Å². The number of nitrogens with zero attached hydrogens (tertiary/aromatic N) is 2. The molecule has 1 aliphatic carbocycles. The molecule has 0 unspecified atom stereocenters. The number of ether oxygens (including phenoxy) is 3. The largest absolute Gasteiger partial charge is 0.484 e. The maximum Gasteiger partial charge on any atom is 0.260 e. The van der Waals surface area contributed by atoms with Crippen molar-refractivity contribution in [3.63, 3.8) is 0 Å². The molecule has 5 rings (SSSR count). The summed E-state index contributed by atoms with van der Waals surface area (Å²) in [5.74, 6) is 1.80. The minimum atomic E-state index is -0.351. The van der Waals surface area contributed by atoms with Crippen LogP contribution in [0.25, 0.3) is 0 Å². The van der Waals surface area contributed by atoms with Gasteiger partial charge in [0.05, 0.1) is 0 Å². The first-order chi connectivity index (χ1) is 15.1. The van der Waals surface area contributed by atoms with Gasteiger partial charge in [0.15, 0.2) is 18.1 Å². The van der Waals surface area contributed by atoms with Crippen LogP contribution in [0, 0.1) is 11.7 Å². The van der Waals surface area contributed by atoms with Gasteiger partial charge in [-0.2, -0.15) is 0 Å². The SMILES string of the molecule is O=C(COc1ccc(F)cc1)N1CCN(C(=O)[C@@H]2C[C@H]2c2ccc3c(c2)OCO3)CC1. The molecule has 2 aliphatic heterocycles. The summed E-state index contributed by atoms with van der Waals surface area (Å²) < 4.78 is 29.2. The summed E-state index contributed by atoms with van der Waals surface area (Å²) in [5.41, 5.74) is 1.11. The van der Waals surface area contributed by atoms with Crippen molar-refractivity contribution in [1.82, 2.24) is 9.80 Å². The zero-order valence-corrected chi connectivity index (χ0v) is 17.0. The molecule has 0 aromatic heterocycles. The van der Waals surface area contributed by atoms with Gasteiger partial charge in [-0.1, -0.05) is 6.07 Å². The normalized spacial score (nSPS) is 21.7. The van der Waals surface area contributed by atoms with Crippen LogP contribution in [0.4, 0.5) is 4.39 Å². The third kappa shape index (κ3) is 4.15. The quantitative estimate of drug-likeness (QED) is 0.735. The number of carbonyl (C=O) groups excluding carboxylic acids is 2. The monoisotopic (exact) mass is 426 g/mol. The van der Waals surface area contributed by atoms with Gasteiger partial charge in [0.2, 0.25) is 12.7 Å². The first-order valence-electron chi connectivity index (χ1n) is 10.4. The van der Waals surface area contributed by atoms with Gasteiger partial charge in [0.25, 0.3) is 5.91 Å². The van der Waals surface area contributed by atoms with Crippen molar-refractivity contribution in [3.8, 4) is 17.2 Å². The fourth-order valence-corrected chi connectivity index (χ4v) is 4.16. The number of hydrogen-bond acceptors (Lipinski definition) is 5. The van der Waals surface area contributed by atoms with E-state index in [1.165, 1.54) is 24.3 Å². The topological polar surface area (TPSA) is 68.3 Å². The number of hydrogen-bond donors (Lipinski definition) is 0. The fraction of sp³-hybridized carbons (Fsp3) is 0.391. The lowest BCUT2D eigenvalue weighted by Crippen LogP contribution is -2.52. The molecular weight excluding hydrogens is 403 g/mol. The first-order valence-corrected chi connectivity index (χ1v) is 10.4. The smallest absolute Gasteiger partial charge is 0.260 e. The van der Waals surface area contributed by atoms with E-state index in [9.17, 15) is 14.0 Å². The predicted molar refractivity (Wildman–Crippen MR) is 108 cm³/mol. The van der Waals surface area contributed by atoms with E-state index in [4.69, 9.17) is 14.2 Å². The maximum absolute atomic E-state index is 12.9. The van der Waals surface area contributed by atoms with Gasteiger partial charge in [-0.3, -0.25) is 9.59 Å². The first kappa shape index (κ1) is 19.7. The number of benzene rings is 2. The van der Waals surface area contributed by atoms with Gasteiger partial charge >= 0.3 is 0 Å². The van der Waals surface area contributed by atoms with Crippen molar-refractivity contribution in [3.05, 3.63) is 53.8 Å². The van der Waals surface area contributed by atoms with Crippen LogP contribution in [0.1, 0.15) is 17.9 Å². The van der Waals surface area contributed by atoms with Crippen LogP contribution in [-0.2, 0) is 9.59 Å². The summed E-state index contributed by atoms with van der Waals surface area (Å²) in [7, 11) is 0. The van der Waals surface area contributed by atoms with Crippen molar-refractivity contribution in [1.29, 1.82) is 0 Å². The number of fused-ring (bicyclic) bond motifs is 1. The van der Waals surface area contributed by atoms with Crippen molar-refractivity contribution in [2.75, 3.05) is 39.6 Å². The standard InChI is InChI=1S/C23H23FN2O5/c24-16-2-4-17(5-3-16)29-13-22(27)25-7-9-26(10-8-25)23(28)19-12-18(19)15-1-6-20-21(11-15)31-14-30-20/h1-6,11,18-19H,7-10,12-14H2/t18-,19+/m0/s1. The lowest BCUT2D eigenvalue weighted by molar-refractivity contribution is -0.141. The van der Waals surface area contributed by atoms with Crippen molar-refractivity contribution in [2.24, 2.45) is 5.92 Å². The molecule has 3 aliphatic rings. The van der Waals surface area contributed by atoms with Crippen LogP contribution in [0.2, 0.25) is 0 Å². The number of amides is 2. The molecule has 162 valence electrons. The molecule has 2 aromatic rings. The third-order valence-electron chi connectivity index (χ3n) is 6.05. The lowest BCUT2D eigenvalue weighted by atomic mass is 10.1. The fourth-order valence-electron chi connectivity index (χ4n) is 4.16. The lowest BCUT2D eigenvalue weighted by Gasteiger charge is -2.35. The summed E-state index contributed by atoms with van der Waals surface area (Å²) in [6, 6.07) is 11.4. The molecule has 2 amide bonds. The maximum atomic E-state index is 12.9. The van der Waals surface area contributed by atoms with E-state index in [-0.39, 0.29) is 42.9 Å². The molecule has 7 nitrogen and oxygen atoms in total. The average Bonchev–Trinajstić information content (AvgIpc) is 3.47. The van der Waals surface area contributed by atoms with Crippen LogP contribution in [0.5, 0.6) is 17.2 Å². The molecule has 31 heavy (non-hydrogen) atoms. The van der Waals surface area contributed by atoms with E-state index < -0.39 is 0 Å². The van der Waals surface area contributed by atoms with Crippen LogP contribution < -0.4 is 14.2 Å². The third-order valence-corrected chi connectivity index (χ3v) is 6.05. The molecule has 1 saturated carbocycles. The highest BCUT2D eigenvalue weighted by molar-refractivity contribution is 5.84. The molecule has 0 N–H and O–H groups in total. The molecule has 2 atom stereocenters. The second-order valence-electron chi connectivity index (χ2n) is 8.01. The highest BCUT2D eigenvalue weighted by Gasteiger charge is 2.46. The average molecular weight is 426 g/mol. The summed E-state index contributed by atoms with van der Waals surface area (Å²) >= 11 is 0. The van der Waals surface area contributed by atoms with E-state index in [2.05, 4.69) is 0 Å². The van der Waals surface area contributed by atoms with E-state index in [0.29, 0.717) is 31.9 Å². The molecule has 1 saturated heterocycles. The highest BCUT2D eigenvalue weighted by atomic mass is 19.1. The van der Waals surface area contributed by atoms with Crippen LogP contribution in [0.15, 0.2) is 42.5 Å². The Morgan fingerprint density at radius 2 is 1.68 bits per heavy atom. The summed E-state index contributed by atoms with van der Waals surface area (Å²) in [6.07, 6.45) is 0.836. The molecule has 8 heteroatoms. The minimum absolute atomic E-state index is 0.00978. The second kappa shape index (κ2) is 8.09. The van der Waals surface area contributed by atoms with Gasteiger partial charge < -0.3 is 24.0 Å². The van der Waals surface area contributed by atoms with Gasteiger partial charge in [-0.05, 0) is 54.3 Å². The molecule has 0 bridgehead atoms. The van der Waals surface area contributed by atoms with Gasteiger partial charge in [0.1, 0.15) is 11.6 Å². The number of carbonyl (C=O) groups is 2. The molecule has 2 fully saturated rings. The zero-order valence-electron chi connectivity index (χ0n) is 17.0. The highest BCUT2D eigenvalue weighted by Crippen LogP contribution is 2.50. The van der Waals surface area contributed by atoms with E-state index in [1.54, 1.807) is 4.90 Å². The van der Waals surface area contributed by atoms with Crippen LogP contribution in [0.3, 0.4) is 0 Å². The Hall–Kier alpha value is -3.29. The van der Waals surface area contributed by atoms with Crippen LogP contribution in [-0.4, -0.2) is 61.2 Å². The molecular formula is C23H23FN2O5. The molecule has 0 spiro atoms. The Labute approximate surface area is 179 Å². The Morgan fingerprint density at radius 3 is 2.45 bits per heavy atom. The van der Waals surface area contributed by atoms with Gasteiger partial charge in [-0.25, -0.2) is 4.39 Å². The van der Waals surface area contributed by atoms with Crippen molar-refractivity contribution >= 4 is 11.8 Å². The second-order valence-corrected chi connectivity index (χ2v) is 8.01. The van der Waals surface area contributed by atoms with E-state index >= 15 is 0 Å². The zero-order chi connectivity index (χ0) is 21.4. The Balaban J connectivity index is 1.09. The number of rotatable bonds is 5. The molecule has 0 radical (unpaired) electrons. The Morgan fingerprint density at radius 1 is 0.968 bits per heavy atom. The Kier molecular flexibility index (Phi) is 5.13. The predicted octanol–water partition coefficient (Wildman–Crippen LogP) is 2.41. The summed E-state index contributed by atoms with van der Waals surface area (Å²) in [6.45, 7) is 2.15. The van der Waals surface area contributed by atoms with E-state index in [0.717, 1.165) is 23.5 Å². The van der Waals surface area contributed by atoms with Crippen molar-refractivity contribution in [2.45, 2.75) is 12.3 Å².